The third kappa shape index (κ3) is 4.55. The van der Waals surface area contributed by atoms with Gasteiger partial charge in [-0.05, 0) is 24.5 Å². The fourth-order valence-electron chi connectivity index (χ4n) is 2.94. The minimum atomic E-state index is -3.19. The molecule has 1 aromatic heterocycles. The zero-order valence-corrected chi connectivity index (χ0v) is 14.5. The van der Waals surface area contributed by atoms with Crippen LogP contribution in [0.5, 0.6) is 0 Å². The summed E-state index contributed by atoms with van der Waals surface area (Å²) in [6.07, 6.45) is 3.52. The second kappa shape index (κ2) is 7.12. The minimum Gasteiger partial charge on any atom is -0.463 e. The number of hydrogen-bond donors (Lipinski definition) is 1. The van der Waals surface area contributed by atoms with Crippen LogP contribution in [0.4, 0.5) is 0 Å². The van der Waals surface area contributed by atoms with E-state index in [-0.39, 0.29) is 12.6 Å². The molecule has 0 unspecified atom stereocenters. The number of nitrogens with two attached hydrogens (primary N) is 1. The van der Waals surface area contributed by atoms with Crippen LogP contribution in [-0.2, 0) is 23.1 Å². The zero-order valence-electron chi connectivity index (χ0n) is 13.7. The van der Waals surface area contributed by atoms with Gasteiger partial charge in [-0.15, -0.1) is 0 Å². The van der Waals surface area contributed by atoms with Gasteiger partial charge in [-0.3, -0.25) is 4.90 Å². The smallest absolute Gasteiger partial charge is 0.211 e. The largest absolute Gasteiger partial charge is 0.463 e. The van der Waals surface area contributed by atoms with Crippen molar-refractivity contribution in [3.63, 3.8) is 0 Å². The van der Waals surface area contributed by atoms with E-state index in [2.05, 4.69) is 11.8 Å². The lowest BCUT2D eigenvalue weighted by Crippen LogP contribution is -2.29. The lowest BCUT2D eigenvalue weighted by Gasteiger charge is -2.14. The molecule has 1 aliphatic heterocycles. The van der Waals surface area contributed by atoms with E-state index in [0.717, 1.165) is 31.8 Å². The van der Waals surface area contributed by atoms with Gasteiger partial charge >= 0.3 is 0 Å². The van der Waals surface area contributed by atoms with Gasteiger partial charge in [-0.2, -0.15) is 4.31 Å². The first kappa shape index (κ1) is 17.5. The number of hydrogen-bond acceptors (Lipinski definition) is 5. The van der Waals surface area contributed by atoms with E-state index in [1.165, 1.54) is 17.0 Å². The van der Waals surface area contributed by atoms with Gasteiger partial charge in [-0.25, -0.2) is 8.42 Å². The molecule has 0 radical (unpaired) electrons. The third-order valence-corrected chi connectivity index (χ3v) is 5.53. The summed E-state index contributed by atoms with van der Waals surface area (Å²) in [5, 5.41) is 0. The Morgan fingerprint density at radius 3 is 2.68 bits per heavy atom. The molecule has 0 amide bonds. The summed E-state index contributed by atoms with van der Waals surface area (Å²) in [7, 11) is -1.64. The molecule has 126 valence electrons. The highest BCUT2D eigenvalue weighted by atomic mass is 32.2. The normalized spacial score (nSPS) is 23.5. The molecule has 0 aromatic carbocycles. The van der Waals surface area contributed by atoms with Crippen LogP contribution in [0.3, 0.4) is 0 Å². The first-order valence-corrected chi connectivity index (χ1v) is 9.61. The number of sulfonamides is 1. The van der Waals surface area contributed by atoms with Crippen LogP contribution in [-0.4, -0.2) is 50.1 Å². The predicted molar refractivity (Wildman–Crippen MR) is 86.7 cm³/mol. The number of nitrogens with zero attached hydrogens (tertiary/aromatic N) is 2. The van der Waals surface area contributed by atoms with E-state index in [4.69, 9.17) is 10.2 Å². The molecule has 2 atom stereocenters. The molecule has 0 aliphatic carbocycles. The molecule has 1 aliphatic rings. The van der Waals surface area contributed by atoms with Crippen molar-refractivity contribution < 1.29 is 12.8 Å². The lowest BCUT2D eigenvalue weighted by atomic mass is 9.99. The van der Waals surface area contributed by atoms with Gasteiger partial charge in [0.05, 0.1) is 19.3 Å². The van der Waals surface area contributed by atoms with Crippen molar-refractivity contribution in [2.75, 3.05) is 26.4 Å². The van der Waals surface area contributed by atoms with Crippen molar-refractivity contribution in [2.24, 2.45) is 11.7 Å². The molecular weight excluding hydrogens is 302 g/mol. The van der Waals surface area contributed by atoms with Crippen molar-refractivity contribution in [3.05, 3.63) is 23.7 Å². The maximum absolute atomic E-state index is 11.4. The van der Waals surface area contributed by atoms with Crippen molar-refractivity contribution in [2.45, 2.75) is 38.9 Å². The van der Waals surface area contributed by atoms with Gasteiger partial charge in [0.15, 0.2) is 0 Å². The first-order chi connectivity index (χ1) is 10.3. The van der Waals surface area contributed by atoms with E-state index >= 15 is 0 Å². The molecule has 2 N–H and O–H groups in total. The van der Waals surface area contributed by atoms with Gasteiger partial charge in [0, 0.05) is 26.2 Å². The average Bonchev–Trinajstić information content (AvgIpc) is 2.97. The van der Waals surface area contributed by atoms with E-state index in [1.54, 1.807) is 7.05 Å². The molecule has 22 heavy (non-hydrogen) atoms. The highest BCUT2D eigenvalue weighted by Crippen LogP contribution is 2.22. The Balaban J connectivity index is 1.90. The second-order valence-electron chi connectivity index (χ2n) is 6.29. The number of likely N-dealkylation sites (tertiary alicyclic amines) is 1. The Morgan fingerprint density at radius 2 is 2.05 bits per heavy atom. The van der Waals surface area contributed by atoms with Crippen LogP contribution < -0.4 is 5.73 Å². The monoisotopic (exact) mass is 329 g/mol. The van der Waals surface area contributed by atoms with Crippen LogP contribution in [0.1, 0.15) is 31.3 Å². The highest BCUT2D eigenvalue weighted by molar-refractivity contribution is 7.88. The van der Waals surface area contributed by atoms with Crippen LogP contribution >= 0.6 is 0 Å². The molecule has 6 nitrogen and oxygen atoms in total. The molecule has 0 bridgehead atoms. The second-order valence-corrected chi connectivity index (χ2v) is 8.38. The molecule has 0 spiro atoms. The Morgan fingerprint density at radius 1 is 1.36 bits per heavy atom. The molecule has 7 heteroatoms. The topological polar surface area (TPSA) is 79.8 Å². The Hall–Kier alpha value is -0.890. The van der Waals surface area contributed by atoms with Gasteiger partial charge in [0.2, 0.25) is 10.0 Å². The summed E-state index contributed by atoms with van der Waals surface area (Å²) >= 11 is 0. The maximum atomic E-state index is 11.4. The Bertz CT molecular complexity index is 585. The van der Waals surface area contributed by atoms with E-state index < -0.39 is 10.0 Å². The molecule has 2 heterocycles. The van der Waals surface area contributed by atoms with Gasteiger partial charge in [0.1, 0.15) is 11.5 Å². The van der Waals surface area contributed by atoms with Crippen LogP contribution in [0, 0.1) is 5.92 Å². The maximum Gasteiger partial charge on any atom is 0.211 e. The number of rotatable bonds is 7. The Kier molecular flexibility index (Phi) is 5.65. The van der Waals surface area contributed by atoms with Crippen molar-refractivity contribution in [3.8, 4) is 0 Å². The first-order valence-electron chi connectivity index (χ1n) is 7.76. The fraction of sp³-hybridized carbons (Fsp3) is 0.733. The van der Waals surface area contributed by atoms with Crippen LogP contribution in [0.2, 0.25) is 0 Å². The lowest BCUT2D eigenvalue weighted by molar-refractivity contribution is 0.276. The summed E-state index contributed by atoms with van der Waals surface area (Å²) in [5.74, 6) is 2.09. The number of furan rings is 1. The molecule has 0 saturated carbocycles. The molecular formula is C15H27N3O3S. The van der Waals surface area contributed by atoms with Crippen molar-refractivity contribution in [1.29, 1.82) is 0 Å². The van der Waals surface area contributed by atoms with E-state index in [0.29, 0.717) is 11.7 Å². The van der Waals surface area contributed by atoms with Gasteiger partial charge < -0.3 is 10.2 Å². The molecule has 2 rings (SSSR count). The van der Waals surface area contributed by atoms with Gasteiger partial charge in [0.25, 0.3) is 0 Å². The minimum absolute atomic E-state index is 0.241. The van der Waals surface area contributed by atoms with Crippen LogP contribution in [0.25, 0.3) is 0 Å². The standard InChI is InChI=1S/C15H27N3O3S/c1-4-5-12-8-18(11-15(12)16)10-14-7-6-13(21-14)9-17(2)22(3,19)20/h6-7,12,15H,4-5,8-11,16H2,1-3H3/t12-,15-/m0/s1. The average molecular weight is 329 g/mol. The summed E-state index contributed by atoms with van der Waals surface area (Å²) < 4.78 is 29.9. The Labute approximate surface area is 133 Å². The third-order valence-electron chi connectivity index (χ3n) is 4.27. The molecule has 1 fully saturated rings. The molecule has 1 saturated heterocycles. The summed E-state index contributed by atoms with van der Waals surface area (Å²) in [5.41, 5.74) is 6.18. The van der Waals surface area contributed by atoms with Crippen molar-refractivity contribution >= 4 is 10.0 Å². The fourth-order valence-corrected chi connectivity index (χ4v) is 3.31. The predicted octanol–water partition coefficient (Wildman–Crippen LogP) is 1.23. The summed E-state index contributed by atoms with van der Waals surface area (Å²) in [4.78, 5) is 2.31. The quantitative estimate of drug-likeness (QED) is 0.814. The van der Waals surface area contributed by atoms with Gasteiger partial charge in [-0.1, -0.05) is 13.3 Å². The van der Waals surface area contributed by atoms with E-state index in [9.17, 15) is 8.42 Å². The summed E-state index contributed by atoms with van der Waals surface area (Å²) in [6, 6.07) is 4.01. The zero-order chi connectivity index (χ0) is 16.3. The van der Waals surface area contributed by atoms with Crippen LogP contribution in [0.15, 0.2) is 16.5 Å². The van der Waals surface area contributed by atoms with Crippen molar-refractivity contribution in [1.82, 2.24) is 9.21 Å². The SMILES string of the molecule is CCC[C@H]1CN(Cc2ccc(CN(C)S(C)(=O)=O)o2)C[C@@H]1N. The highest BCUT2D eigenvalue weighted by Gasteiger charge is 2.29. The molecule has 1 aromatic rings. The van der Waals surface area contributed by atoms with E-state index in [1.807, 2.05) is 12.1 Å². The summed E-state index contributed by atoms with van der Waals surface area (Å²) in [6.45, 7) is 5.08.